The number of hydrogen-bond acceptors (Lipinski definition) is 1. The second-order valence-corrected chi connectivity index (χ2v) is 6.49. The van der Waals surface area contributed by atoms with E-state index in [-0.39, 0.29) is 5.91 Å². The molecule has 2 aromatic carbocycles. The summed E-state index contributed by atoms with van der Waals surface area (Å²) in [5, 5.41) is 0. The van der Waals surface area contributed by atoms with Gasteiger partial charge in [-0.25, -0.2) is 0 Å². The van der Waals surface area contributed by atoms with Crippen molar-refractivity contribution in [2.75, 3.05) is 4.90 Å². The lowest BCUT2D eigenvalue weighted by atomic mass is 9.76. The molecule has 1 heterocycles. The van der Waals surface area contributed by atoms with Gasteiger partial charge in [-0.2, -0.15) is 0 Å². The van der Waals surface area contributed by atoms with E-state index >= 15 is 0 Å². The van der Waals surface area contributed by atoms with Crippen LogP contribution in [0, 0.1) is 5.92 Å². The van der Waals surface area contributed by atoms with Crippen molar-refractivity contribution in [1.82, 2.24) is 0 Å². The molecule has 0 radical (unpaired) electrons. The molecule has 2 nitrogen and oxygen atoms in total. The normalized spacial score (nSPS) is 23.5. The zero-order valence-corrected chi connectivity index (χ0v) is 12.7. The molecule has 0 unspecified atom stereocenters. The van der Waals surface area contributed by atoms with E-state index < -0.39 is 0 Å². The first kappa shape index (κ1) is 13.6. The van der Waals surface area contributed by atoms with Gasteiger partial charge >= 0.3 is 0 Å². The van der Waals surface area contributed by atoms with Crippen LogP contribution in [-0.2, 0) is 6.42 Å². The summed E-state index contributed by atoms with van der Waals surface area (Å²) in [6.07, 6.45) is 6.05. The SMILES string of the molecule is O=C(c1ccccc1)N1c2ccccc2C[C@H]2CCCC[C@H]21. The molecular formula is C20H21NO. The average molecular weight is 291 g/mol. The number of para-hydroxylation sites is 1. The van der Waals surface area contributed by atoms with Gasteiger partial charge in [-0.3, -0.25) is 4.79 Å². The molecule has 1 saturated carbocycles. The zero-order valence-electron chi connectivity index (χ0n) is 12.7. The van der Waals surface area contributed by atoms with Crippen molar-refractivity contribution in [1.29, 1.82) is 0 Å². The molecule has 1 fully saturated rings. The molecule has 1 aliphatic carbocycles. The van der Waals surface area contributed by atoms with Crippen LogP contribution in [-0.4, -0.2) is 11.9 Å². The van der Waals surface area contributed by atoms with Gasteiger partial charge in [0.2, 0.25) is 0 Å². The van der Waals surface area contributed by atoms with Crippen molar-refractivity contribution in [3.05, 3.63) is 65.7 Å². The first-order valence-electron chi connectivity index (χ1n) is 8.31. The van der Waals surface area contributed by atoms with Gasteiger partial charge in [-0.05, 0) is 48.9 Å². The highest BCUT2D eigenvalue weighted by molar-refractivity contribution is 6.07. The molecule has 2 atom stereocenters. The fourth-order valence-corrected chi connectivity index (χ4v) is 4.13. The second kappa shape index (κ2) is 5.60. The van der Waals surface area contributed by atoms with E-state index in [9.17, 15) is 4.79 Å². The molecule has 0 spiro atoms. The molecule has 1 aliphatic heterocycles. The van der Waals surface area contributed by atoms with Gasteiger partial charge < -0.3 is 4.90 Å². The van der Waals surface area contributed by atoms with E-state index in [2.05, 4.69) is 23.1 Å². The highest BCUT2D eigenvalue weighted by Crippen LogP contribution is 2.41. The van der Waals surface area contributed by atoms with E-state index in [1.165, 1.54) is 24.8 Å². The summed E-state index contributed by atoms with van der Waals surface area (Å²) >= 11 is 0. The minimum Gasteiger partial charge on any atom is -0.305 e. The lowest BCUT2D eigenvalue weighted by Crippen LogP contribution is -2.50. The summed E-state index contributed by atoms with van der Waals surface area (Å²) in [4.78, 5) is 15.2. The Hall–Kier alpha value is -2.09. The smallest absolute Gasteiger partial charge is 0.258 e. The largest absolute Gasteiger partial charge is 0.305 e. The lowest BCUT2D eigenvalue weighted by molar-refractivity contribution is 0.0951. The Morgan fingerprint density at radius 2 is 1.64 bits per heavy atom. The molecular weight excluding hydrogens is 270 g/mol. The number of nitrogens with zero attached hydrogens (tertiary/aromatic N) is 1. The van der Waals surface area contributed by atoms with Crippen molar-refractivity contribution in [2.45, 2.75) is 38.1 Å². The van der Waals surface area contributed by atoms with Crippen LogP contribution in [0.4, 0.5) is 5.69 Å². The first-order chi connectivity index (χ1) is 10.8. The van der Waals surface area contributed by atoms with E-state index in [1.54, 1.807) is 0 Å². The first-order valence-corrected chi connectivity index (χ1v) is 8.31. The van der Waals surface area contributed by atoms with Crippen LogP contribution in [0.3, 0.4) is 0 Å². The standard InChI is InChI=1S/C20H21NO/c22-20(15-8-2-1-3-9-15)21-18-12-6-4-10-16(18)14-17-11-5-7-13-19(17)21/h1-4,6,8-10,12,17,19H,5,7,11,13-14H2/t17-,19-/m1/s1. The Kier molecular flexibility index (Phi) is 3.45. The van der Waals surface area contributed by atoms with E-state index in [4.69, 9.17) is 0 Å². The van der Waals surface area contributed by atoms with Gasteiger partial charge in [-0.15, -0.1) is 0 Å². The second-order valence-electron chi connectivity index (χ2n) is 6.49. The predicted molar refractivity (Wildman–Crippen MR) is 89.1 cm³/mol. The summed E-state index contributed by atoms with van der Waals surface area (Å²) in [5.74, 6) is 0.779. The van der Waals surface area contributed by atoms with Crippen LogP contribution in [0.25, 0.3) is 0 Å². The summed E-state index contributed by atoms with van der Waals surface area (Å²) in [6, 6.07) is 18.5. The minimum absolute atomic E-state index is 0.157. The number of rotatable bonds is 1. The van der Waals surface area contributed by atoms with Crippen molar-refractivity contribution >= 4 is 11.6 Å². The van der Waals surface area contributed by atoms with Gasteiger partial charge in [0.15, 0.2) is 0 Å². The molecule has 4 rings (SSSR count). The topological polar surface area (TPSA) is 20.3 Å². The Morgan fingerprint density at radius 3 is 2.50 bits per heavy atom. The maximum atomic E-state index is 13.1. The number of carbonyl (C=O) groups is 1. The number of amides is 1. The van der Waals surface area contributed by atoms with Crippen molar-refractivity contribution in [3.63, 3.8) is 0 Å². The molecule has 22 heavy (non-hydrogen) atoms. The van der Waals surface area contributed by atoms with Crippen LogP contribution >= 0.6 is 0 Å². The number of benzene rings is 2. The van der Waals surface area contributed by atoms with Gasteiger partial charge in [-0.1, -0.05) is 49.2 Å². The Morgan fingerprint density at radius 1 is 0.909 bits per heavy atom. The van der Waals surface area contributed by atoms with Gasteiger partial charge in [0.25, 0.3) is 5.91 Å². The molecule has 2 aliphatic rings. The fourth-order valence-electron chi connectivity index (χ4n) is 4.13. The molecule has 112 valence electrons. The van der Waals surface area contributed by atoms with Crippen molar-refractivity contribution < 1.29 is 4.79 Å². The molecule has 2 aromatic rings. The maximum absolute atomic E-state index is 13.1. The number of carbonyl (C=O) groups excluding carboxylic acids is 1. The van der Waals surface area contributed by atoms with Crippen LogP contribution in [0.1, 0.15) is 41.6 Å². The third-order valence-electron chi connectivity index (χ3n) is 5.17. The summed E-state index contributed by atoms with van der Waals surface area (Å²) in [6.45, 7) is 0. The van der Waals surface area contributed by atoms with Crippen molar-refractivity contribution in [2.24, 2.45) is 5.92 Å². The van der Waals surface area contributed by atoms with Gasteiger partial charge in [0.05, 0.1) is 0 Å². The Labute approximate surface area is 131 Å². The Bertz CT molecular complexity index is 679. The summed E-state index contributed by atoms with van der Waals surface area (Å²) < 4.78 is 0. The van der Waals surface area contributed by atoms with Crippen LogP contribution < -0.4 is 4.90 Å². The predicted octanol–water partition coefficient (Wildman–Crippen LogP) is 4.45. The fraction of sp³-hybridized carbons (Fsp3) is 0.350. The third kappa shape index (κ3) is 2.23. The van der Waals surface area contributed by atoms with E-state index in [1.807, 2.05) is 36.4 Å². The molecule has 0 aromatic heterocycles. The number of anilines is 1. The zero-order chi connectivity index (χ0) is 14.9. The monoisotopic (exact) mass is 291 g/mol. The maximum Gasteiger partial charge on any atom is 0.258 e. The summed E-state index contributed by atoms with van der Waals surface area (Å²) in [5.41, 5.74) is 3.25. The van der Waals surface area contributed by atoms with Crippen LogP contribution in [0.2, 0.25) is 0 Å². The van der Waals surface area contributed by atoms with Gasteiger partial charge in [0, 0.05) is 17.3 Å². The molecule has 0 N–H and O–H groups in total. The number of hydrogen-bond donors (Lipinski definition) is 0. The van der Waals surface area contributed by atoms with Crippen LogP contribution in [0.5, 0.6) is 0 Å². The highest BCUT2D eigenvalue weighted by atomic mass is 16.2. The van der Waals surface area contributed by atoms with E-state index in [0.717, 1.165) is 24.1 Å². The van der Waals surface area contributed by atoms with E-state index in [0.29, 0.717) is 12.0 Å². The highest BCUT2D eigenvalue weighted by Gasteiger charge is 2.38. The lowest BCUT2D eigenvalue weighted by Gasteiger charge is -2.45. The average Bonchev–Trinajstić information content (AvgIpc) is 2.60. The number of fused-ring (bicyclic) bond motifs is 2. The van der Waals surface area contributed by atoms with Crippen molar-refractivity contribution in [3.8, 4) is 0 Å². The summed E-state index contributed by atoms with van der Waals surface area (Å²) in [7, 11) is 0. The van der Waals surface area contributed by atoms with Crippen LogP contribution in [0.15, 0.2) is 54.6 Å². The molecule has 1 amide bonds. The van der Waals surface area contributed by atoms with Gasteiger partial charge in [0.1, 0.15) is 0 Å². The molecule has 2 heteroatoms. The Balaban J connectivity index is 1.79. The molecule has 0 bridgehead atoms. The quantitative estimate of drug-likeness (QED) is 0.760. The molecule has 0 saturated heterocycles. The third-order valence-corrected chi connectivity index (χ3v) is 5.17. The minimum atomic E-state index is 0.157.